The van der Waals surface area contributed by atoms with Crippen LogP contribution in [0.15, 0.2) is 122 Å². The summed E-state index contributed by atoms with van der Waals surface area (Å²) in [4.78, 5) is 38.0. The van der Waals surface area contributed by atoms with Crippen molar-refractivity contribution in [3.05, 3.63) is 122 Å². The van der Waals surface area contributed by atoms with Crippen LogP contribution < -0.4 is 0 Å². The maximum Gasteiger partial charge on any atom is 0.306 e. The lowest BCUT2D eigenvalue weighted by atomic mass is 10.1. The molecule has 0 N–H and O–H groups in total. The van der Waals surface area contributed by atoms with E-state index in [-0.39, 0.29) is 31.1 Å². The van der Waals surface area contributed by atoms with Crippen LogP contribution in [-0.2, 0) is 28.6 Å². The molecule has 0 rings (SSSR count). The van der Waals surface area contributed by atoms with E-state index in [2.05, 4.69) is 142 Å². The summed E-state index contributed by atoms with van der Waals surface area (Å²) in [5.41, 5.74) is 0. The van der Waals surface area contributed by atoms with Crippen molar-refractivity contribution in [2.45, 2.75) is 219 Å². The number of allylic oxidation sites excluding steroid dienone is 20. The lowest BCUT2D eigenvalue weighted by Gasteiger charge is -2.18. The van der Waals surface area contributed by atoms with E-state index in [0.29, 0.717) is 19.3 Å². The van der Waals surface area contributed by atoms with E-state index >= 15 is 0 Å². The van der Waals surface area contributed by atoms with Crippen LogP contribution in [0.3, 0.4) is 0 Å². The zero-order chi connectivity index (χ0) is 47.2. The van der Waals surface area contributed by atoms with E-state index in [1.807, 2.05) is 0 Å². The number of rotatable bonds is 45. The Kier molecular flexibility index (Phi) is 49.1. The Balaban J connectivity index is 4.51. The Morgan fingerprint density at radius 2 is 0.554 bits per heavy atom. The van der Waals surface area contributed by atoms with Crippen molar-refractivity contribution in [2.75, 3.05) is 13.2 Å². The fourth-order valence-electron chi connectivity index (χ4n) is 6.64. The second-order valence-corrected chi connectivity index (χ2v) is 16.6. The number of hydrogen-bond donors (Lipinski definition) is 0. The Morgan fingerprint density at radius 3 is 0.862 bits per heavy atom. The standard InChI is InChI=1S/C59H94O6/c1-4-7-10-13-16-19-22-25-28-29-32-34-37-40-43-46-49-52-58(61)64-55-56(65-59(62)53-50-47-44-41-38-35-31-27-24-21-18-15-12-9-6-3)54-63-57(60)51-48-45-42-39-36-33-30-26-23-20-17-14-11-8-5-2/h7-12,16-21,25-28,30-32,34,56H,4-6,13-15,22-24,29,33,35-55H2,1-3H3/b10-7-,11-8-,12-9-,19-16-,20-17-,21-18-,28-25-,30-26-,31-27-,34-32-/t56-/m0/s1. The Morgan fingerprint density at radius 1 is 0.308 bits per heavy atom. The Labute approximate surface area is 399 Å². The third-order valence-corrected chi connectivity index (χ3v) is 10.4. The van der Waals surface area contributed by atoms with Crippen LogP contribution in [0.4, 0.5) is 0 Å². The van der Waals surface area contributed by atoms with Gasteiger partial charge < -0.3 is 14.2 Å². The van der Waals surface area contributed by atoms with Crippen molar-refractivity contribution in [2.24, 2.45) is 0 Å². The lowest BCUT2D eigenvalue weighted by molar-refractivity contribution is -0.167. The lowest BCUT2D eigenvalue weighted by Crippen LogP contribution is -2.30. The van der Waals surface area contributed by atoms with E-state index in [9.17, 15) is 14.4 Å². The van der Waals surface area contributed by atoms with Crippen LogP contribution in [0.1, 0.15) is 213 Å². The van der Waals surface area contributed by atoms with Gasteiger partial charge in [-0.2, -0.15) is 0 Å². The number of esters is 3. The number of ether oxygens (including phenoxy) is 3. The first-order valence-electron chi connectivity index (χ1n) is 26.0. The van der Waals surface area contributed by atoms with Gasteiger partial charge in [0.25, 0.3) is 0 Å². The number of hydrogen-bond acceptors (Lipinski definition) is 6. The van der Waals surface area contributed by atoms with Gasteiger partial charge in [-0.15, -0.1) is 0 Å². The number of carbonyl (C=O) groups is 3. The molecule has 65 heavy (non-hydrogen) atoms. The highest BCUT2D eigenvalue weighted by Gasteiger charge is 2.19. The normalized spacial score (nSPS) is 13.1. The van der Waals surface area contributed by atoms with Gasteiger partial charge in [-0.3, -0.25) is 14.4 Å². The van der Waals surface area contributed by atoms with Crippen molar-refractivity contribution in [1.82, 2.24) is 0 Å². The molecular weight excluding hydrogens is 805 g/mol. The van der Waals surface area contributed by atoms with Gasteiger partial charge >= 0.3 is 17.9 Å². The van der Waals surface area contributed by atoms with E-state index in [4.69, 9.17) is 14.2 Å². The van der Waals surface area contributed by atoms with Crippen molar-refractivity contribution in [3.63, 3.8) is 0 Å². The van der Waals surface area contributed by atoms with Gasteiger partial charge in [0.15, 0.2) is 6.10 Å². The molecule has 0 saturated carbocycles. The number of unbranched alkanes of at least 4 members (excludes halogenated alkanes) is 14. The van der Waals surface area contributed by atoms with Gasteiger partial charge in [-0.1, -0.05) is 194 Å². The minimum atomic E-state index is -0.808. The highest BCUT2D eigenvalue weighted by atomic mass is 16.6. The van der Waals surface area contributed by atoms with E-state index in [1.54, 1.807) is 0 Å². The monoisotopic (exact) mass is 899 g/mol. The molecule has 0 unspecified atom stereocenters. The van der Waals surface area contributed by atoms with Gasteiger partial charge in [0.05, 0.1) is 0 Å². The van der Waals surface area contributed by atoms with E-state index in [0.717, 1.165) is 173 Å². The van der Waals surface area contributed by atoms with Gasteiger partial charge in [0.2, 0.25) is 0 Å². The maximum atomic E-state index is 12.8. The molecule has 0 bridgehead atoms. The van der Waals surface area contributed by atoms with Crippen molar-refractivity contribution >= 4 is 17.9 Å². The smallest absolute Gasteiger partial charge is 0.306 e. The molecule has 366 valence electrons. The molecule has 6 nitrogen and oxygen atoms in total. The van der Waals surface area contributed by atoms with Crippen LogP contribution >= 0.6 is 0 Å². The molecule has 0 heterocycles. The molecule has 0 aromatic rings. The molecule has 0 radical (unpaired) electrons. The minimum Gasteiger partial charge on any atom is -0.462 e. The summed E-state index contributed by atoms with van der Waals surface area (Å²) in [7, 11) is 0. The summed E-state index contributed by atoms with van der Waals surface area (Å²) in [6, 6.07) is 0. The first-order chi connectivity index (χ1) is 32.0. The first kappa shape index (κ1) is 60.8. The fourth-order valence-corrected chi connectivity index (χ4v) is 6.64. The predicted octanol–water partition coefficient (Wildman–Crippen LogP) is 17.3. The summed E-state index contributed by atoms with van der Waals surface area (Å²) in [5.74, 6) is -0.970. The summed E-state index contributed by atoms with van der Waals surface area (Å²) in [6.07, 6.45) is 71.8. The molecular formula is C59H94O6. The van der Waals surface area contributed by atoms with Gasteiger partial charge in [0, 0.05) is 19.3 Å². The molecule has 6 heteroatoms. The zero-order valence-electron chi connectivity index (χ0n) is 41.7. The van der Waals surface area contributed by atoms with Gasteiger partial charge in [-0.05, 0) is 122 Å². The minimum absolute atomic E-state index is 0.106. The molecule has 0 saturated heterocycles. The predicted molar refractivity (Wildman–Crippen MR) is 279 cm³/mol. The maximum absolute atomic E-state index is 12.8. The average molecular weight is 899 g/mol. The summed E-state index contributed by atoms with van der Waals surface area (Å²) < 4.78 is 16.8. The molecule has 0 aliphatic carbocycles. The second-order valence-electron chi connectivity index (χ2n) is 16.6. The van der Waals surface area contributed by atoms with Crippen LogP contribution in [0, 0.1) is 0 Å². The summed E-state index contributed by atoms with van der Waals surface area (Å²) in [5, 5.41) is 0. The summed E-state index contributed by atoms with van der Waals surface area (Å²) >= 11 is 0. The molecule has 0 fully saturated rings. The van der Waals surface area contributed by atoms with Crippen molar-refractivity contribution in [1.29, 1.82) is 0 Å². The fraction of sp³-hybridized carbons (Fsp3) is 0.610. The van der Waals surface area contributed by atoms with Crippen molar-refractivity contribution in [3.8, 4) is 0 Å². The van der Waals surface area contributed by atoms with E-state index in [1.165, 1.54) is 0 Å². The van der Waals surface area contributed by atoms with Gasteiger partial charge in [0.1, 0.15) is 13.2 Å². The van der Waals surface area contributed by atoms with Gasteiger partial charge in [-0.25, -0.2) is 0 Å². The molecule has 0 amide bonds. The molecule has 0 aromatic heterocycles. The number of carbonyl (C=O) groups excluding carboxylic acids is 3. The molecule has 0 aromatic carbocycles. The molecule has 1 atom stereocenters. The quantitative estimate of drug-likeness (QED) is 0.0262. The van der Waals surface area contributed by atoms with Crippen LogP contribution in [0.25, 0.3) is 0 Å². The topological polar surface area (TPSA) is 78.9 Å². The summed E-state index contributed by atoms with van der Waals surface area (Å²) in [6.45, 7) is 6.23. The highest BCUT2D eigenvalue weighted by molar-refractivity contribution is 5.71. The molecule has 0 aliphatic rings. The SMILES string of the molecule is CC/C=C\C/C=C\C/C=C\C/C=C\CCCCCCC(=O)OC[C@H](COC(=O)CCCCCCC/C=C\C/C=C\C/C=C\CC)OC(=O)CCCCCCC/C=C\C/C=C\C/C=C\CC. The third-order valence-electron chi connectivity index (χ3n) is 10.4. The highest BCUT2D eigenvalue weighted by Crippen LogP contribution is 2.13. The van der Waals surface area contributed by atoms with Crippen LogP contribution in [0.5, 0.6) is 0 Å². The van der Waals surface area contributed by atoms with Crippen molar-refractivity contribution < 1.29 is 28.6 Å². The largest absolute Gasteiger partial charge is 0.462 e. The second kappa shape index (κ2) is 52.4. The first-order valence-corrected chi connectivity index (χ1v) is 26.0. The molecule has 0 aliphatic heterocycles. The van der Waals surface area contributed by atoms with Crippen LogP contribution in [0.2, 0.25) is 0 Å². The van der Waals surface area contributed by atoms with Crippen LogP contribution in [-0.4, -0.2) is 37.2 Å². The zero-order valence-corrected chi connectivity index (χ0v) is 41.7. The Bertz CT molecular complexity index is 1400. The Hall–Kier alpha value is -4.19. The third kappa shape index (κ3) is 50.7. The molecule has 0 spiro atoms. The average Bonchev–Trinajstić information content (AvgIpc) is 3.30. The van der Waals surface area contributed by atoms with E-state index < -0.39 is 6.10 Å².